The molecule has 1 aliphatic carbocycles. The van der Waals surface area contributed by atoms with Crippen LogP contribution in [0.4, 0.5) is 18.7 Å². The summed E-state index contributed by atoms with van der Waals surface area (Å²) in [5.41, 5.74) is 4.43. The van der Waals surface area contributed by atoms with E-state index in [2.05, 4.69) is 10.3 Å². The molecule has 0 atom stereocenters. The summed E-state index contributed by atoms with van der Waals surface area (Å²) in [6.07, 6.45) is 0.848. The Balaban J connectivity index is 1.26. The van der Waals surface area contributed by atoms with Gasteiger partial charge in [-0.05, 0) is 28.7 Å². The Morgan fingerprint density at radius 2 is 1.69 bits per heavy atom. The number of carbonyl (C=O) groups excluding carboxylic acids is 2. The monoisotopic (exact) mass is 501 g/mol. The second-order valence-electron chi connectivity index (χ2n) is 7.87. The Bertz CT molecular complexity index is 1220. The van der Waals surface area contributed by atoms with Gasteiger partial charge in [0.15, 0.2) is 5.13 Å². The summed E-state index contributed by atoms with van der Waals surface area (Å²) in [6.45, 7) is -1.13. The van der Waals surface area contributed by atoms with E-state index in [1.54, 1.807) is 0 Å². The average Bonchev–Trinajstić information content (AvgIpc) is 3.42. The molecule has 8 nitrogen and oxygen atoms in total. The molecule has 0 fully saturated rings. The third kappa shape index (κ3) is 5.62. The number of nitrogens with zero attached hydrogens (tertiary/aromatic N) is 1. The number of carbonyl (C=O) groups is 3. The molecule has 0 saturated heterocycles. The maximum absolute atomic E-state index is 13.0. The lowest BCUT2D eigenvalue weighted by atomic mass is 9.98. The number of fused-ring (bicyclic) bond motifs is 3. The third-order valence-corrected chi connectivity index (χ3v) is 6.50. The average molecular weight is 502 g/mol. The summed E-state index contributed by atoms with van der Waals surface area (Å²) < 4.78 is 31.5. The second-order valence-corrected chi connectivity index (χ2v) is 8.98. The van der Waals surface area contributed by atoms with Crippen molar-refractivity contribution in [3.8, 4) is 11.1 Å². The maximum atomic E-state index is 13.0. The Morgan fingerprint density at radius 3 is 2.31 bits per heavy atom. The zero-order valence-electron chi connectivity index (χ0n) is 18.3. The number of carboxylic acid groups (broad SMARTS) is 1. The van der Waals surface area contributed by atoms with Gasteiger partial charge < -0.3 is 15.2 Å². The number of thiazole rings is 1. The number of hydrogen-bond acceptors (Lipinski definition) is 6. The van der Waals surface area contributed by atoms with Crippen LogP contribution in [0.25, 0.3) is 11.1 Å². The van der Waals surface area contributed by atoms with Crippen molar-refractivity contribution < 1.29 is 33.0 Å². The van der Waals surface area contributed by atoms with Crippen molar-refractivity contribution in [1.29, 1.82) is 0 Å². The number of amides is 2. The van der Waals surface area contributed by atoms with Crippen LogP contribution in [0.15, 0.2) is 54.7 Å². The molecule has 2 amide bonds. The smallest absolute Gasteiger partial charge is 0.413 e. The first-order chi connectivity index (χ1) is 16.7. The highest BCUT2D eigenvalue weighted by molar-refractivity contribution is 7.15. The van der Waals surface area contributed by atoms with Crippen LogP contribution < -0.4 is 10.6 Å². The predicted molar refractivity (Wildman–Crippen MR) is 125 cm³/mol. The number of ether oxygens (including phenoxy) is 1. The Kier molecular flexibility index (Phi) is 7.06. The molecule has 35 heavy (non-hydrogen) atoms. The van der Waals surface area contributed by atoms with Crippen LogP contribution in [-0.4, -0.2) is 47.1 Å². The van der Waals surface area contributed by atoms with Gasteiger partial charge in [-0.3, -0.25) is 10.1 Å². The molecule has 0 spiro atoms. The second kappa shape index (κ2) is 10.2. The number of nitrogens with one attached hydrogen (secondary N) is 2. The van der Waals surface area contributed by atoms with Crippen molar-refractivity contribution in [1.82, 2.24) is 10.3 Å². The van der Waals surface area contributed by atoms with Crippen molar-refractivity contribution in [2.75, 3.05) is 18.5 Å². The highest BCUT2D eigenvalue weighted by Crippen LogP contribution is 2.44. The van der Waals surface area contributed by atoms with Gasteiger partial charge in [0.1, 0.15) is 6.61 Å². The van der Waals surface area contributed by atoms with Crippen LogP contribution in [0.1, 0.15) is 28.3 Å². The minimum Gasteiger partial charge on any atom is -0.477 e. The van der Waals surface area contributed by atoms with E-state index in [-0.39, 0.29) is 30.5 Å². The summed E-state index contributed by atoms with van der Waals surface area (Å²) in [4.78, 5) is 39.2. The lowest BCUT2D eigenvalue weighted by Gasteiger charge is -2.14. The molecule has 0 saturated carbocycles. The molecule has 4 rings (SSSR count). The molecule has 0 aliphatic heterocycles. The van der Waals surface area contributed by atoms with Gasteiger partial charge >= 0.3 is 18.0 Å². The zero-order chi connectivity index (χ0) is 25.0. The summed E-state index contributed by atoms with van der Waals surface area (Å²) in [5, 5.41) is 13.1. The normalized spacial score (nSPS) is 12.5. The molecule has 1 aliphatic rings. The lowest BCUT2D eigenvalue weighted by Crippen LogP contribution is -2.42. The Hall–Kier alpha value is -3.86. The first-order valence-corrected chi connectivity index (χ1v) is 11.5. The molecule has 182 valence electrons. The van der Waals surface area contributed by atoms with Crippen LogP contribution in [-0.2, 0) is 20.7 Å². The standard InChI is InChI=1S/C24H21F2N3O5S/c25-24(26,21(31)32)13-28-20(30)10-9-14-11-27-22(35-14)29-23(33)34-12-19-17-7-3-1-5-15(17)16-6-2-4-8-18(16)19/h1-8,11,19H,9-10,12-13H2,(H,28,30)(H,31,32)(H,27,29,33). The van der Waals surface area contributed by atoms with E-state index in [9.17, 15) is 23.2 Å². The summed E-state index contributed by atoms with van der Waals surface area (Å²) in [5.74, 6) is -7.12. The minimum atomic E-state index is -4.03. The zero-order valence-corrected chi connectivity index (χ0v) is 19.1. The predicted octanol–water partition coefficient (Wildman–Crippen LogP) is 4.27. The minimum absolute atomic E-state index is 0.0768. The molecule has 0 radical (unpaired) electrons. The van der Waals surface area contributed by atoms with Crippen molar-refractivity contribution >= 4 is 34.4 Å². The van der Waals surface area contributed by atoms with Crippen LogP contribution in [0.3, 0.4) is 0 Å². The van der Waals surface area contributed by atoms with E-state index in [4.69, 9.17) is 9.84 Å². The number of benzene rings is 2. The lowest BCUT2D eigenvalue weighted by molar-refractivity contribution is -0.164. The van der Waals surface area contributed by atoms with Crippen molar-refractivity contribution in [2.45, 2.75) is 24.7 Å². The van der Waals surface area contributed by atoms with Crippen LogP contribution in [0.2, 0.25) is 0 Å². The van der Waals surface area contributed by atoms with Crippen LogP contribution in [0, 0.1) is 0 Å². The van der Waals surface area contributed by atoms with Gasteiger partial charge in [0.2, 0.25) is 5.91 Å². The van der Waals surface area contributed by atoms with Gasteiger partial charge in [-0.2, -0.15) is 8.78 Å². The Labute approximate surface area is 203 Å². The Morgan fingerprint density at radius 1 is 1.06 bits per heavy atom. The molecular weight excluding hydrogens is 480 g/mol. The molecular formula is C24H21F2N3O5S. The van der Waals surface area contributed by atoms with E-state index in [1.165, 1.54) is 6.20 Å². The number of carboxylic acids is 1. The number of rotatable bonds is 9. The van der Waals surface area contributed by atoms with E-state index in [0.29, 0.717) is 4.88 Å². The fourth-order valence-corrected chi connectivity index (χ4v) is 4.61. The van der Waals surface area contributed by atoms with E-state index in [0.717, 1.165) is 33.6 Å². The number of hydrogen-bond donors (Lipinski definition) is 3. The summed E-state index contributed by atoms with van der Waals surface area (Å²) in [7, 11) is 0. The summed E-state index contributed by atoms with van der Waals surface area (Å²) >= 11 is 1.12. The van der Waals surface area contributed by atoms with Gasteiger partial charge in [0.25, 0.3) is 0 Å². The SMILES string of the molecule is O=C(CCc1cnc(NC(=O)OCC2c3ccccc3-c3ccccc32)s1)NCC(F)(F)C(=O)O. The molecule has 3 aromatic rings. The summed E-state index contributed by atoms with van der Waals surface area (Å²) in [6, 6.07) is 16.0. The number of anilines is 1. The third-order valence-electron chi connectivity index (χ3n) is 5.53. The first-order valence-electron chi connectivity index (χ1n) is 10.7. The largest absolute Gasteiger partial charge is 0.477 e. The van der Waals surface area contributed by atoms with Gasteiger partial charge in [-0.1, -0.05) is 48.5 Å². The van der Waals surface area contributed by atoms with Gasteiger partial charge in [-0.15, -0.1) is 11.3 Å². The molecule has 0 unspecified atom stereocenters. The molecule has 0 bridgehead atoms. The molecule has 11 heteroatoms. The van der Waals surface area contributed by atoms with E-state index in [1.807, 2.05) is 53.8 Å². The fraction of sp³-hybridized carbons (Fsp3) is 0.250. The number of alkyl halides is 2. The molecule has 3 N–H and O–H groups in total. The van der Waals surface area contributed by atoms with Crippen molar-refractivity contribution in [2.24, 2.45) is 0 Å². The number of aryl methyl sites for hydroxylation is 1. The number of halogens is 2. The first kappa shape index (κ1) is 24.3. The highest BCUT2D eigenvalue weighted by atomic mass is 32.1. The van der Waals surface area contributed by atoms with Crippen molar-refractivity contribution in [3.05, 3.63) is 70.7 Å². The topological polar surface area (TPSA) is 118 Å². The number of aliphatic carboxylic acids is 1. The van der Waals surface area contributed by atoms with E-state index < -0.39 is 30.4 Å². The highest BCUT2D eigenvalue weighted by Gasteiger charge is 2.39. The van der Waals surface area contributed by atoms with Crippen molar-refractivity contribution in [3.63, 3.8) is 0 Å². The quantitative estimate of drug-likeness (QED) is 0.403. The number of aromatic nitrogens is 1. The van der Waals surface area contributed by atoms with Gasteiger partial charge in [-0.25, -0.2) is 14.6 Å². The molecule has 1 heterocycles. The van der Waals surface area contributed by atoms with Crippen LogP contribution in [0.5, 0.6) is 0 Å². The maximum Gasteiger partial charge on any atom is 0.413 e. The fourth-order valence-electron chi connectivity index (χ4n) is 3.81. The molecule has 1 aromatic heterocycles. The van der Waals surface area contributed by atoms with Gasteiger partial charge in [0, 0.05) is 23.4 Å². The molecule has 2 aromatic carbocycles. The van der Waals surface area contributed by atoms with Gasteiger partial charge in [0.05, 0.1) is 6.54 Å². The van der Waals surface area contributed by atoms with Crippen LogP contribution >= 0.6 is 11.3 Å². The van der Waals surface area contributed by atoms with E-state index >= 15 is 0 Å².